The predicted octanol–water partition coefficient (Wildman–Crippen LogP) is 2.67. The van der Waals surface area contributed by atoms with Crippen molar-refractivity contribution in [3.05, 3.63) is 34.3 Å². The van der Waals surface area contributed by atoms with Gasteiger partial charge < -0.3 is 16.3 Å². The van der Waals surface area contributed by atoms with E-state index in [2.05, 4.69) is 10.5 Å². The third-order valence-corrected chi connectivity index (χ3v) is 4.95. The lowest BCUT2D eigenvalue weighted by Gasteiger charge is -2.21. The quantitative estimate of drug-likeness (QED) is 0.338. The van der Waals surface area contributed by atoms with Crippen LogP contribution in [0, 0.1) is 5.92 Å². The van der Waals surface area contributed by atoms with E-state index in [1.165, 1.54) is 24.3 Å². The Labute approximate surface area is 128 Å². The van der Waals surface area contributed by atoms with E-state index in [0.717, 1.165) is 24.6 Å². The van der Waals surface area contributed by atoms with Crippen LogP contribution in [0.3, 0.4) is 0 Å². The van der Waals surface area contributed by atoms with E-state index >= 15 is 0 Å². The Balaban J connectivity index is 1.86. The largest absolute Gasteiger partial charge is 0.409 e. The van der Waals surface area contributed by atoms with Crippen molar-refractivity contribution in [3.63, 3.8) is 0 Å². The highest BCUT2D eigenvalue weighted by atomic mass is 35.5. The number of benzene rings is 1. The molecule has 0 radical (unpaired) electrons. The summed E-state index contributed by atoms with van der Waals surface area (Å²) in [5.74, 6) is 3.42. The van der Waals surface area contributed by atoms with E-state index in [1.807, 2.05) is 23.9 Å². The fraction of sp³-hybridized carbons (Fsp3) is 0.500. The summed E-state index contributed by atoms with van der Waals surface area (Å²) < 4.78 is 0. The molecule has 1 aromatic rings. The molecule has 0 bridgehead atoms. The molecule has 6 heteroatoms. The van der Waals surface area contributed by atoms with Gasteiger partial charge >= 0.3 is 0 Å². The van der Waals surface area contributed by atoms with Gasteiger partial charge in [0.25, 0.3) is 0 Å². The molecular weight excluding hydrogens is 294 g/mol. The predicted molar refractivity (Wildman–Crippen MR) is 85.7 cm³/mol. The van der Waals surface area contributed by atoms with Gasteiger partial charge in [-0.05, 0) is 48.4 Å². The first-order valence-corrected chi connectivity index (χ1v) is 8.28. The standard InChI is InChI=1S/C14H20ClN3OS/c15-13-7-11(14(16)18-19)1-2-12(13)9-17-8-10-3-5-20-6-4-10/h1-2,7,10,17,19H,3-6,8-9H2,(H2,16,18). The molecule has 110 valence electrons. The maximum atomic E-state index is 8.64. The molecule has 1 saturated heterocycles. The molecule has 0 amide bonds. The third-order valence-electron chi connectivity index (χ3n) is 3.55. The highest BCUT2D eigenvalue weighted by Gasteiger charge is 2.13. The number of hydrogen-bond donors (Lipinski definition) is 3. The van der Waals surface area contributed by atoms with E-state index in [9.17, 15) is 0 Å². The first-order valence-electron chi connectivity index (χ1n) is 6.75. The fourth-order valence-corrected chi connectivity index (χ4v) is 3.72. The van der Waals surface area contributed by atoms with Crippen molar-refractivity contribution in [2.24, 2.45) is 16.8 Å². The molecule has 4 N–H and O–H groups in total. The Hall–Kier alpha value is -0.910. The van der Waals surface area contributed by atoms with Crippen molar-refractivity contribution in [1.82, 2.24) is 5.32 Å². The van der Waals surface area contributed by atoms with Crippen molar-refractivity contribution >= 4 is 29.2 Å². The Morgan fingerprint density at radius 2 is 2.20 bits per heavy atom. The highest BCUT2D eigenvalue weighted by molar-refractivity contribution is 7.99. The summed E-state index contributed by atoms with van der Waals surface area (Å²) in [6.45, 7) is 1.79. The van der Waals surface area contributed by atoms with Crippen LogP contribution in [0.5, 0.6) is 0 Å². The molecule has 0 aromatic heterocycles. The number of rotatable bonds is 5. The van der Waals surface area contributed by atoms with Crippen LogP contribution in [-0.2, 0) is 6.54 Å². The molecule has 0 unspecified atom stereocenters. The van der Waals surface area contributed by atoms with Crippen LogP contribution >= 0.6 is 23.4 Å². The van der Waals surface area contributed by atoms with Crippen LogP contribution in [-0.4, -0.2) is 29.1 Å². The van der Waals surface area contributed by atoms with Gasteiger partial charge in [0.2, 0.25) is 0 Å². The molecule has 1 heterocycles. The Morgan fingerprint density at radius 3 is 2.85 bits per heavy atom. The van der Waals surface area contributed by atoms with Crippen LogP contribution in [0.25, 0.3) is 0 Å². The van der Waals surface area contributed by atoms with Crippen molar-refractivity contribution in [1.29, 1.82) is 0 Å². The number of thioether (sulfide) groups is 1. The average molecular weight is 314 g/mol. The number of hydrogen-bond acceptors (Lipinski definition) is 4. The van der Waals surface area contributed by atoms with Crippen molar-refractivity contribution in [2.75, 3.05) is 18.1 Å². The summed E-state index contributed by atoms with van der Waals surface area (Å²) >= 11 is 8.26. The molecule has 20 heavy (non-hydrogen) atoms. The number of nitrogens with zero attached hydrogens (tertiary/aromatic N) is 1. The lowest BCUT2D eigenvalue weighted by molar-refractivity contribution is 0.318. The van der Waals surface area contributed by atoms with E-state index in [0.29, 0.717) is 10.6 Å². The molecular formula is C14H20ClN3OS. The minimum absolute atomic E-state index is 0.0751. The van der Waals surface area contributed by atoms with Crippen LogP contribution < -0.4 is 11.1 Å². The lowest BCUT2D eigenvalue weighted by Crippen LogP contribution is -2.25. The fourth-order valence-electron chi connectivity index (χ4n) is 2.27. The first-order chi connectivity index (χ1) is 9.70. The van der Waals surface area contributed by atoms with Gasteiger partial charge in [0, 0.05) is 17.1 Å². The summed E-state index contributed by atoms with van der Waals surface area (Å²) in [6.07, 6.45) is 2.60. The van der Waals surface area contributed by atoms with Crippen molar-refractivity contribution < 1.29 is 5.21 Å². The third kappa shape index (κ3) is 4.30. The topological polar surface area (TPSA) is 70.6 Å². The molecule has 0 saturated carbocycles. The van der Waals surface area contributed by atoms with Gasteiger partial charge in [-0.2, -0.15) is 11.8 Å². The van der Waals surface area contributed by atoms with Crippen LogP contribution in [0.2, 0.25) is 5.02 Å². The van der Waals surface area contributed by atoms with E-state index < -0.39 is 0 Å². The number of oxime groups is 1. The first kappa shape index (κ1) is 15.5. The molecule has 0 spiro atoms. The minimum atomic E-state index is 0.0751. The number of nitrogens with two attached hydrogens (primary N) is 1. The summed E-state index contributed by atoms with van der Waals surface area (Å²) in [4.78, 5) is 0. The molecule has 0 atom stereocenters. The zero-order valence-electron chi connectivity index (χ0n) is 11.3. The highest BCUT2D eigenvalue weighted by Crippen LogP contribution is 2.22. The zero-order valence-corrected chi connectivity index (χ0v) is 12.9. The molecule has 1 aliphatic rings. The number of amidine groups is 1. The van der Waals surface area contributed by atoms with E-state index in [-0.39, 0.29) is 5.84 Å². The average Bonchev–Trinajstić information content (AvgIpc) is 2.49. The van der Waals surface area contributed by atoms with Gasteiger partial charge in [-0.25, -0.2) is 0 Å². The second-order valence-electron chi connectivity index (χ2n) is 4.98. The van der Waals surface area contributed by atoms with Gasteiger partial charge in [-0.15, -0.1) is 0 Å². The van der Waals surface area contributed by atoms with Gasteiger partial charge in [0.15, 0.2) is 5.84 Å². The number of nitrogens with one attached hydrogen (secondary N) is 1. The van der Waals surface area contributed by atoms with Crippen molar-refractivity contribution in [2.45, 2.75) is 19.4 Å². The lowest BCUT2D eigenvalue weighted by atomic mass is 10.0. The summed E-state index contributed by atoms with van der Waals surface area (Å²) in [5, 5.41) is 15.7. The smallest absolute Gasteiger partial charge is 0.170 e. The SMILES string of the molecule is N/C(=N/O)c1ccc(CNCC2CCSCC2)c(Cl)c1. The van der Waals surface area contributed by atoms with E-state index in [4.69, 9.17) is 22.5 Å². The second kappa shape index (κ2) is 7.76. The van der Waals surface area contributed by atoms with Gasteiger partial charge in [-0.1, -0.05) is 28.9 Å². The maximum absolute atomic E-state index is 8.64. The second-order valence-corrected chi connectivity index (χ2v) is 6.61. The monoisotopic (exact) mass is 313 g/mol. The Bertz CT molecular complexity index is 475. The normalized spacial score (nSPS) is 17.4. The summed E-state index contributed by atoms with van der Waals surface area (Å²) in [7, 11) is 0. The van der Waals surface area contributed by atoms with Crippen LogP contribution in [0.1, 0.15) is 24.0 Å². The molecule has 1 fully saturated rings. The number of halogens is 1. The molecule has 2 rings (SSSR count). The van der Waals surface area contributed by atoms with Crippen LogP contribution in [0.15, 0.2) is 23.4 Å². The molecule has 4 nitrogen and oxygen atoms in total. The van der Waals surface area contributed by atoms with Crippen molar-refractivity contribution in [3.8, 4) is 0 Å². The van der Waals surface area contributed by atoms with Gasteiger partial charge in [-0.3, -0.25) is 0 Å². The zero-order chi connectivity index (χ0) is 14.4. The Morgan fingerprint density at radius 1 is 1.45 bits per heavy atom. The maximum Gasteiger partial charge on any atom is 0.170 e. The Kier molecular flexibility index (Phi) is 6.01. The van der Waals surface area contributed by atoms with Crippen LogP contribution in [0.4, 0.5) is 0 Å². The summed E-state index contributed by atoms with van der Waals surface area (Å²) in [6, 6.07) is 5.46. The molecule has 0 aliphatic carbocycles. The van der Waals surface area contributed by atoms with Gasteiger partial charge in [0.05, 0.1) is 0 Å². The van der Waals surface area contributed by atoms with Gasteiger partial charge in [0.1, 0.15) is 0 Å². The minimum Gasteiger partial charge on any atom is -0.409 e. The molecule has 1 aliphatic heterocycles. The van der Waals surface area contributed by atoms with E-state index in [1.54, 1.807) is 6.07 Å². The summed E-state index contributed by atoms with van der Waals surface area (Å²) in [5.41, 5.74) is 7.20. The molecule has 1 aromatic carbocycles.